The molecule has 0 saturated carbocycles. The third-order valence-electron chi connectivity index (χ3n) is 3.74. The molecule has 0 aliphatic rings. The first kappa shape index (κ1) is 15.6. The molecule has 0 bridgehead atoms. The van der Waals surface area contributed by atoms with E-state index in [1.165, 1.54) is 11.0 Å². The summed E-state index contributed by atoms with van der Waals surface area (Å²) in [6, 6.07) is 20.3. The lowest BCUT2D eigenvalue weighted by molar-refractivity contribution is 0.102. The van der Waals surface area contributed by atoms with Gasteiger partial charge in [-0.05, 0) is 41.6 Å². The van der Waals surface area contributed by atoms with Crippen LogP contribution in [0.5, 0.6) is 0 Å². The highest BCUT2D eigenvalue weighted by atomic mass is 16.1. The molecule has 2 aromatic carbocycles. The summed E-state index contributed by atoms with van der Waals surface area (Å²) < 4.78 is 0. The number of amides is 1. The van der Waals surface area contributed by atoms with Gasteiger partial charge in [0.25, 0.3) is 5.91 Å². The first-order chi connectivity index (χ1) is 12.8. The van der Waals surface area contributed by atoms with Gasteiger partial charge in [0.05, 0.1) is 16.9 Å². The van der Waals surface area contributed by atoms with Crippen molar-refractivity contribution in [3.05, 3.63) is 84.7 Å². The Bertz CT molecular complexity index is 1030. The van der Waals surface area contributed by atoms with E-state index in [1.807, 2.05) is 48.5 Å². The van der Waals surface area contributed by atoms with Gasteiger partial charge >= 0.3 is 0 Å². The number of pyridine rings is 1. The Morgan fingerprint density at radius 1 is 0.923 bits per heavy atom. The number of carbonyl (C=O) groups is 1. The largest absolute Gasteiger partial charge is 0.321 e. The molecule has 26 heavy (non-hydrogen) atoms. The summed E-state index contributed by atoms with van der Waals surface area (Å²) in [5.41, 5.74) is 2.58. The molecule has 7 heteroatoms. The molecule has 2 aromatic heterocycles. The Morgan fingerprint density at radius 2 is 1.73 bits per heavy atom. The van der Waals surface area contributed by atoms with Crippen LogP contribution in [0.15, 0.2) is 79.1 Å². The van der Waals surface area contributed by atoms with Crippen molar-refractivity contribution in [2.45, 2.75) is 0 Å². The number of tetrazole rings is 1. The maximum Gasteiger partial charge on any atom is 0.257 e. The Kier molecular flexibility index (Phi) is 4.17. The third-order valence-corrected chi connectivity index (χ3v) is 3.74. The maximum atomic E-state index is 12.4. The number of nitrogens with one attached hydrogen (secondary N) is 1. The van der Waals surface area contributed by atoms with E-state index in [-0.39, 0.29) is 5.91 Å². The maximum absolute atomic E-state index is 12.4. The van der Waals surface area contributed by atoms with Gasteiger partial charge in [-0.15, -0.1) is 15.0 Å². The van der Waals surface area contributed by atoms with Gasteiger partial charge in [0.1, 0.15) is 0 Å². The molecule has 4 rings (SSSR count). The Morgan fingerprint density at radius 3 is 2.54 bits per heavy atom. The number of rotatable bonds is 4. The second-order valence-corrected chi connectivity index (χ2v) is 5.48. The van der Waals surface area contributed by atoms with Gasteiger partial charge in [-0.25, -0.2) is 0 Å². The van der Waals surface area contributed by atoms with Crippen LogP contribution in [0, 0.1) is 0 Å². The van der Waals surface area contributed by atoms with Crippen LogP contribution >= 0.6 is 0 Å². The van der Waals surface area contributed by atoms with E-state index in [1.54, 1.807) is 24.4 Å². The van der Waals surface area contributed by atoms with Crippen LogP contribution in [0.3, 0.4) is 0 Å². The number of nitrogens with zero attached hydrogens (tertiary/aromatic N) is 5. The highest BCUT2D eigenvalue weighted by molar-refractivity contribution is 6.05. The minimum absolute atomic E-state index is 0.249. The van der Waals surface area contributed by atoms with Gasteiger partial charge in [0.2, 0.25) is 5.82 Å². The molecule has 0 fully saturated rings. The topological polar surface area (TPSA) is 85.6 Å². The smallest absolute Gasteiger partial charge is 0.257 e. The first-order valence-electron chi connectivity index (χ1n) is 7.97. The van der Waals surface area contributed by atoms with Gasteiger partial charge in [-0.3, -0.25) is 9.78 Å². The highest BCUT2D eigenvalue weighted by Crippen LogP contribution is 2.25. The number of para-hydroxylation sites is 2. The van der Waals surface area contributed by atoms with Crippen molar-refractivity contribution in [3.8, 4) is 17.1 Å². The monoisotopic (exact) mass is 342 g/mol. The van der Waals surface area contributed by atoms with Crippen LogP contribution in [0.1, 0.15) is 10.4 Å². The van der Waals surface area contributed by atoms with Gasteiger partial charge in [0.15, 0.2) is 0 Å². The molecule has 2 heterocycles. The number of hydrogen-bond acceptors (Lipinski definition) is 5. The quantitative estimate of drug-likeness (QED) is 0.616. The molecule has 0 unspecified atom stereocenters. The average Bonchev–Trinajstić information content (AvgIpc) is 3.20. The normalized spacial score (nSPS) is 10.5. The molecule has 1 N–H and O–H groups in total. The lowest BCUT2D eigenvalue weighted by Crippen LogP contribution is -2.12. The highest BCUT2D eigenvalue weighted by Gasteiger charge is 2.14. The Labute approximate surface area is 149 Å². The first-order valence-corrected chi connectivity index (χ1v) is 7.97. The molecular weight excluding hydrogens is 328 g/mol. The molecule has 0 radical (unpaired) electrons. The van der Waals surface area contributed by atoms with E-state index in [0.29, 0.717) is 22.6 Å². The van der Waals surface area contributed by atoms with E-state index in [0.717, 1.165) is 5.69 Å². The molecule has 7 nitrogen and oxygen atoms in total. The molecule has 1 amide bonds. The van der Waals surface area contributed by atoms with Crippen molar-refractivity contribution in [3.63, 3.8) is 0 Å². The van der Waals surface area contributed by atoms with Gasteiger partial charge < -0.3 is 5.32 Å². The molecular formula is C19H14N6O. The fourth-order valence-corrected chi connectivity index (χ4v) is 2.47. The van der Waals surface area contributed by atoms with Crippen molar-refractivity contribution in [2.24, 2.45) is 0 Å². The third kappa shape index (κ3) is 3.18. The summed E-state index contributed by atoms with van der Waals surface area (Å²) in [6.45, 7) is 0. The van der Waals surface area contributed by atoms with Crippen LogP contribution < -0.4 is 5.32 Å². The summed E-state index contributed by atoms with van der Waals surface area (Å²) in [7, 11) is 0. The zero-order chi connectivity index (χ0) is 17.8. The summed E-state index contributed by atoms with van der Waals surface area (Å²) >= 11 is 0. The Hall–Kier alpha value is -3.87. The average molecular weight is 342 g/mol. The molecule has 0 saturated heterocycles. The number of carbonyl (C=O) groups excluding carboxylic acids is 1. The van der Waals surface area contributed by atoms with Crippen molar-refractivity contribution in [2.75, 3.05) is 5.32 Å². The predicted molar refractivity (Wildman–Crippen MR) is 96.8 cm³/mol. The predicted octanol–water partition coefficient (Wildman–Crippen LogP) is 2.98. The molecule has 126 valence electrons. The van der Waals surface area contributed by atoms with E-state index >= 15 is 0 Å². The van der Waals surface area contributed by atoms with Crippen molar-refractivity contribution < 1.29 is 4.79 Å². The van der Waals surface area contributed by atoms with Crippen LogP contribution in [0.4, 0.5) is 5.69 Å². The van der Waals surface area contributed by atoms with Gasteiger partial charge in [-0.1, -0.05) is 30.3 Å². The van der Waals surface area contributed by atoms with Crippen LogP contribution in [0.2, 0.25) is 0 Å². The number of hydrogen-bond donors (Lipinski definition) is 1. The molecule has 0 spiro atoms. The van der Waals surface area contributed by atoms with Crippen LogP contribution in [0.25, 0.3) is 17.1 Å². The lowest BCUT2D eigenvalue weighted by atomic mass is 10.1. The SMILES string of the molecule is O=C(Nc1ccccc1-c1nnn(-c2ccccc2)n1)c1cccnc1. The van der Waals surface area contributed by atoms with E-state index in [9.17, 15) is 4.79 Å². The number of anilines is 1. The summed E-state index contributed by atoms with van der Waals surface area (Å²) in [5, 5.41) is 15.5. The van der Waals surface area contributed by atoms with E-state index < -0.39 is 0 Å². The summed E-state index contributed by atoms with van der Waals surface area (Å²) in [5.74, 6) is 0.178. The second-order valence-electron chi connectivity index (χ2n) is 5.48. The van der Waals surface area contributed by atoms with Crippen molar-refractivity contribution in [1.82, 2.24) is 25.2 Å². The fourth-order valence-electron chi connectivity index (χ4n) is 2.47. The zero-order valence-corrected chi connectivity index (χ0v) is 13.6. The van der Waals surface area contributed by atoms with E-state index in [4.69, 9.17) is 0 Å². The van der Waals surface area contributed by atoms with Gasteiger partial charge in [0, 0.05) is 18.0 Å². The minimum atomic E-state index is -0.249. The molecule has 4 aromatic rings. The van der Waals surface area contributed by atoms with Crippen molar-refractivity contribution in [1.29, 1.82) is 0 Å². The van der Waals surface area contributed by atoms with Crippen molar-refractivity contribution >= 4 is 11.6 Å². The molecule has 0 aliphatic heterocycles. The Balaban J connectivity index is 1.64. The summed E-state index contributed by atoms with van der Waals surface area (Å²) in [6.07, 6.45) is 3.14. The van der Waals surface area contributed by atoms with Gasteiger partial charge in [-0.2, -0.15) is 0 Å². The standard InChI is InChI=1S/C19H14N6O/c26-19(14-7-6-12-20-13-14)21-17-11-5-4-10-16(17)18-22-24-25(23-18)15-8-2-1-3-9-15/h1-13H,(H,21,26). The number of benzene rings is 2. The molecule has 0 aliphatic carbocycles. The summed E-state index contributed by atoms with van der Waals surface area (Å²) in [4.78, 5) is 17.8. The number of aromatic nitrogens is 5. The fraction of sp³-hybridized carbons (Fsp3) is 0. The van der Waals surface area contributed by atoms with Crippen LogP contribution in [-0.4, -0.2) is 31.1 Å². The van der Waals surface area contributed by atoms with Crippen LogP contribution in [-0.2, 0) is 0 Å². The second kappa shape index (κ2) is 6.94. The zero-order valence-electron chi connectivity index (χ0n) is 13.6. The molecule has 0 atom stereocenters. The van der Waals surface area contributed by atoms with E-state index in [2.05, 4.69) is 25.7 Å². The lowest BCUT2D eigenvalue weighted by Gasteiger charge is -2.08. The minimum Gasteiger partial charge on any atom is -0.321 e.